The fourth-order valence-corrected chi connectivity index (χ4v) is 4.02. The van der Waals surface area contributed by atoms with Crippen LogP contribution in [0, 0.1) is 13.8 Å². The Balaban J connectivity index is 1.98. The Morgan fingerprint density at radius 2 is 1.96 bits per heavy atom. The van der Waals surface area contributed by atoms with Gasteiger partial charge < -0.3 is 10.2 Å². The van der Waals surface area contributed by atoms with Gasteiger partial charge in [0.2, 0.25) is 5.91 Å². The molecule has 1 aromatic carbocycles. The molecule has 5 heteroatoms. The van der Waals surface area contributed by atoms with Crippen molar-refractivity contribution in [1.29, 1.82) is 0 Å². The lowest BCUT2D eigenvalue weighted by Gasteiger charge is -2.36. The van der Waals surface area contributed by atoms with E-state index in [4.69, 9.17) is 4.84 Å². The predicted molar refractivity (Wildman–Crippen MR) is 92.4 cm³/mol. The van der Waals surface area contributed by atoms with Crippen LogP contribution in [0.2, 0.25) is 0 Å². The number of benzene rings is 1. The zero-order chi connectivity index (χ0) is 17.5. The van der Waals surface area contributed by atoms with Crippen LogP contribution in [-0.2, 0) is 14.4 Å². The molecule has 2 saturated heterocycles. The van der Waals surface area contributed by atoms with Gasteiger partial charge in [0, 0.05) is 13.1 Å². The van der Waals surface area contributed by atoms with Crippen molar-refractivity contribution in [2.24, 2.45) is 0 Å². The van der Waals surface area contributed by atoms with Crippen molar-refractivity contribution in [3.63, 3.8) is 0 Å². The fraction of sp³-hybridized carbons (Fsp3) is 0.474. The van der Waals surface area contributed by atoms with Crippen LogP contribution in [0.4, 0.5) is 0 Å². The number of nitrogens with zero attached hydrogens (tertiary/aromatic N) is 1. The van der Waals surface area contributed by atoms with Gasteiger partial charge in [0.1, 0.15) is 11.5 Å². The normalized spacial score (nSPS) is 23.5. The molecule has 1 N–H and O–H groups in total. The molecule has 0 aromatic heterocycles. The largest absolute Gasteiger partial charge is 0.343 e. The van der Waals surface area contributed by atoms with Gasteiger partial charge in [-0.25, -0.2) is 0 Å². The number of amides is 1. The van der Waals surface area contributed by atoms with E-state index < -0.39 is 11.5 Å². The standard InChI is InChI=1S/C19H24N2O3/c1-5-14-11-12(2)10-13(3)15(14)16-17(22)19(20-18(16)23)6-8-21(24-4)9-7-19/h5,10-11,16H,1,6-9H2,2-4H3,(H,20,23). The zero-order valence-corrected chi connectivity index (χ0v) is 14.5. The summed E-state index contributed by atoms with van der Waals surface area (Å²) in [6, 6.07) is 4.00. The topological polar surface area (TPSA) is 58.6 Å². The van der Waals surface area contributed by atoms with E-state index in [2.05, 4.69) is 11.9 Å². The highest BCUT2D eigenvalue weighted by atomic mass is 16.7. The first kappa shape index (κ1) is 16.9. The SMILES string of the molecule is C=Cc1cc(C)cc(C)c1C1C(=O)NC2(CCN(OC)CC2)C1=O. The summed E-state index contributed by atoms with van der Waals surface area (Å²) in [5.74, 6) is -0.952. The van der Waals surface area contributed by atoms with Crippen LogP contribution >= 0.6 is 0 Å². The Morgan fingerprint density at radius 1 is 1.29 bits per heavy atom. The van der Waals surface area contributed by atoms with Crippen LogP contribution in [0.5, 0.6) is 0 Å². The maximum atomic E-state index is 13.2. The van der Waals surface area contributed by atoms with Crippen LogP contribution < -0.4 is 5.32 Å². The first-order valence-corrected chi connectivity index (χ1v) is 8.31. The van der Waals surface area contributed by atoms with Crippen LogP contribution in [0.1, 0.15) is 41.0 Å². The zero-order valence-electron chi connectivity index (χ0n) is 14.5. The molecule has 0 radical (unpaired) electrons. The Labute approximate surface area is 142 Å². The van der Waals surface area contributed by atoms with Gasteiger partial charge in [-0.3, -0.25) is 9.59 Å². The van der Waals surface area contributed by atoms with Gasteiger partial charge in [-0.1, -0.05) is 30.4 Å². The van der Waals surface area contributed by atoms with E-state index in [1.54, 1.807) is 13.2 Å². The van der Waals surface area contributed by atoms with Crippen LogP contribution in [0.25, 0.3) is 6.08 Å². The average Bonchev–Trinajstić information content (AvgIpc) is 2.79. The summed E-state index contributed by atoms with van der Waals surface area (Å²) in [6.07, 6.45) is 2.89. The Hall–Kier alpha value is -1.98. The Morgan fingerprint density at radius 3 is 2.54 bits per heavy atom. The fourth-order valence-electron chi connectivity index (χ4n) is 4.02. The molecule has 24 heavy (non-hydrogen) atoms. The van der Waals surface area contributed by atoms with Crippen molar-refractivity contribution < 1.29 is 14.4 Å². The van der Waals surface area contributed by atoms with Gasteiger partial charge in [-0.2, -0.15) is 5.06 Å². The smallest absolute Gasteiger partial charge is 0.236 e. The lowest BCUT2D eigenvalue weighted by atomic mass is 9.78. The van der Waals surface area contributed by atoms with Gasteiger partial charge in [0.25, 0.3) is 0 Å². The molecule has 128 valence electrons. The van der Waals surface area contributed by atoms with Gasteiger partial charge in [-0.15, -0.1) is 0 Å². The number of ketones is 1. The van der Waals surface area contributed by atoms with Crippen molar-refractivity contribution in [3.05, 3.63) is 41.0 Å². The average molecular weight is 328 g/mol. The Kier molecular flexibility index (Phi) is 4.32. The summed E-state index contributed by atoms with van der Waals surface area (Å²) in [5, 5.41) is 4.82. The second-order valence-corrected chi connectivity index (χ2v) is 6.77. The van der Waals surface area contributed by atoms with Gasteiger partial charge in [0.15, 0.2) is 5.78 Å². The molecule has 1 unspecified atom stereocenters. The summed E-state index contributed by atoms with van der Waals surface area (Å²) < 4.78 is 0. The molecule has 1 amide bonds. The molecular weight excluding hydrogens is 304 g/mol. The molecule has 3 rings (SSSR count). The monoisotopic (exact) mass is 328 g/mol. The highest BCUT2D eigenvalue weighted by molar-refractivity contribution is 6.17. The van der Waals surface area contributed by atoms with E-state index in [0.29, 0.717) is 25.9 Å². The summed E-state index contributed by atoms with van der Waals surface area (Å²) in [4.78, 5) is 31.2. The highest BCUT2D eigenvalue weighted by Gasteiger charge is 2.54. The first-order chi connectivity index (χ1) is 11.4. The summed E-state index contributed by atoms with van der Waals surface area (Å²) >= 11 is 0. The summed E-state index contributed by atoms with van der Waals surface area (Å²) in [7, 11) is 1.63. The molecule has 2 aliphatic rings. The molecule has 1 atom stereocenters. The van der Waals surface area contributed by atoms with E-state index >= 15 is 0 Å². The van der Waals surface area contributed by atoms with Crippen LogP contribution in [0.3, 0.4) is 0 Å². The lowest BCUT2D eigenvalue weighted by Crippen LogP contribution is -2.54. The third-order valence-corrected chi connectivity index (χ3v) is 5.26. The number of Topliss-reactive ketones (excluding diaryl/α,β-unsaturated/α-hetero) is 1. The van der Waals surface area contributed by atoms with Crippen molar-refractivity contribution in [2.75, 3.05) is 20.2 Å². The molecule has 5 nitrogen and oxygen atoms in total. The van der Waals surface area contributed by atoms with E-state index in [1.807, 2.05) is 31.0 Å². The quantitative estimate of drug-likeness (QED) is 0.864. The molecule has 0 saturated carbocycles. The van der Waals surface area contributed by atoms with Crippen molar-refractivity contribution in [3.8, 4) is 0 Å². The minimum Gasteiger partial charge on any atom is -0.343 e. The van der Waals surface area contributed by atoms with Crippen molar-refractivity contribution >= 4 is 17.8 Å². The number of nitrogens with one attached hydrogen (secondary N) is 1. The number of piperidine rings is 1. The van der Waals surface area contributed by atoms with E-state index in [9.17, 15) is 9.59 Å². The molecule has 0 bridgehead atoms. The minimum absolute atomic E-state index is 0.0155. The van der Waals surface area contributed by atoms with Crippen LogP contribution in [-0.4, -0.2) is 42.5 Å². The van der Waals surface area contributed by atoms with E-state index in [-0.39, 0.29) is 11.7 Å². The molecule has 1 spiro atoms. The number of hydroxylamine groups is 2. The number of rotatable bonds is 3. The second-order valence-electron chi connectivity index (χ2n) is 6.77. The van der Waals surface area contributed by atoms with E-state index in [0.717, 1.165) is 22.3 Å². The number of hydrogen-bond donors (Lipinski definition) is 1. The molecule has 1 aromatic rings. The van der Waals surface area contributed by atoms with E-state index in [1.165, 1.54) is 0 Å². The van der Waals surface area contributed by atoms with Crippen molar-refractivity contribution in [1.82, 2.24) is 10.4 Å². The summed E-state index contributed by atoms with van der Waals surface area (Å²) in [5.41, 5.74) is 2.97. The van der Waals surface area contributed by atoms with Gasteiger partial charge >= 0.3 is 0 Å². The molecule has 2 heterocycles. The predicted octanol–water partition coefficient (Wildman–Crippen LogP) is 2.12. The molecular formula is C19H24N2O3. The first-order valence-electron chi connectivity index (χ1n) is 8.31. The number of carbonyl (C=O) groups excluding carboxylic acids is 2. The highest BCUT2D eigenvalue weighted by Crippen LogP contribution is 2.39. The maximum Gasteiger partial charge on any atom is 0.236 e. The van der Waals surface area contributed by atoms with Gasteiger partial charge in [0.05, 0.1) is 7.11 Å². The molecule has 2 fully saturated rings. The molecule has 2 aliphatic heterocycles. The van der Waals surface area contributed by atoms with Gasteiger partial charge in [-0.05, 0) is 43.4 Å². The number of carbonyl (C=O) groups is 2. The molecule has 0 aliphatic carbocycles. The number of hydrogen-bond acceptors (Lipinski definition) is 4. The summed E-state index contributed by atoms with van der Waals surface area (Å²) in [6.45, 7) is 9.08. The maximum absolute atomic E-state index is 13.2. The Bertz CT molecular complexity index is 703. The van der Waals surface area contributed by atoms with Crippen molar-refractivity contribution in [2.45, 2.75) is 38.1 Å². The third-order valence-electron chi connectivity index (χ3n) is 5.26. The van der Waals surface area contributed by atoms with Crippen LogP contribution in [0.15, 0.2) is 18.7 Å². The second kappa shape index (κ2) is 6.15. The lowest BCUT2D eigenvalue weighted by molar-refractivity contribution is -0.157. The third kappa shape index (κ3) is 2.58. The number of aryl methyl sites for hydroxylation is 2. The minimum atomic E-state index is -0.757.